The average Bonchev–Trinajstić information content (AvgIpc) is 2.24. The molecule has 0 saturated carbocycles. The normalized spacial score (nSPS) is 13.7. The van der Waals surface area contributed by atoms with E-state index in [0.717, 1.165) is 0 Å². The topological polar surface area (TPSA) is 29.5 Å². The summed E-state index contributed by atoms with van der Waals surface area (Å²) in [5.74, 6) is -0.362. The van der Waals surface area contributed by atoms with Gasteiger partial charge < -0.3 is 9.53 Å². The molecule has 1 aromatic carbocycles. The van der Waals surface area contributed by atoms with Crippen molar-refractivity contribution in [2.24, 2.45) is 0 Å². The van der Waals surface area contributed by atoms with Gasteiger partial charge in [-0.3, -0.25) is 0 Å². The van der Waals surface area contributed by atoms with Gasteiger partial charge in [0.2, 0.25) is 0 Å². The summed E-state index contributed by atoms with van der Waals surface area (Å²) < 4.78 is 20.5. The molecule has 0 aliphatic rings. The number of hydrogen-bond donors (Lipinski definition) is 1. The number of hydrogen-bond acceptors (Lipinski definition) is 2. The van der Waals surface area contributed by atoms with Crippen LogP contribution in [0.15, 0.2) is 18.2 Å². The standard InChI is InChI=1S/C16H27FO2Si/c1-15(2,3)20(6,7)19-11-12-9-8-10-13(14(12)17)16(4,5)18/h8-10,18H,11H2,1-7H3. The van der Waals surface area contributed by atoms with E-state index in [1.54, 1.807) is 32.0 Å². The van der Waals surface area contributed by atoms with Gasteiger partial charge in [-0.25, -0.2) is 4.39 Å². The van der Waals surface area contributed by atoms with Gasteiger partial charge in [0, 0.05) is 11.1 Å². The molecule has 0 heterocycles. The lowest BCUT2D eigenvalue weighted by Crippen LogP contribution is -2.40. The van der Waals surface area contributed by atoms with Crippen molar-refractivity contribution in [1.29, 1.82) is 0 Å². The molecule has 0 aliphatic carbocycles. The van der Waals surface area contributed by atoms with Crippen molar-refractivity contribution in [2.45, 2.75) is 65.0 Å². The Morgan fingerprint density at radius 2 is 1.70 bits per heavy atom. The van der Waals surface area contributed by atoms with Gasteiger partial charge in [0.05, 0.1) is 12.2 Å². The van der Waals surface area contributed by atoms with E-state index in [1.165, 1.54) is 0 Å². The summed E-state index contributed by atoms with van der Waals surface area (Å²) in [6.07, 6.45) is 0. The van der Waals surface area contributed by atoms with Gasteiger partial charge in [0.25, 0.3) is 0 Å². The van der Waals surface area contributed by atoms with Gasteiger partial charge in [0.15, 0.2) is 8.32 Å². The molecule has 0 bridgehead atoms. The highest BCUT2D eigenvalue weighted by molar-refractivity contribution is 6.74. The first-order valence-electron chi connectivity index (χ1n) is 7.00. The maximum absolute atomic E-state index is 14.4. The predicted molar refractivity (Wildman–Crippen MR) is 83.6 cm³/mol. The molecule has 0 saturated heterocycles. The summed E-state index contributed by atoms with van der Waals surface area (Å²) in [5.41, 5.74) is -0.361. The zero-order valence-corrected chi connectivity index (χ0v) is 14.7. The molecule has 0 amide bonds. The summed E-state index contributed by atoms with van der Waals surface area (Å²) in [7, 11) is -1.90. The molecule has 0 spiro atoms. The highest BCUT2D eigenvalue weighted by atomic mass is 28.4. The second kappa shape index (κ2) is 5.58. The van der Waals surface area contributed by atoms with Crippen LogP contribution in [-0.2, 0) is 16.6 Å². The average molecular weight is 298 g/mol. The van der Waals surface area contributed by atoms with Crippen molar-refractivity contribution in [1.82, 2.24) is 0 Å². The van der Waals surface area contributed by atoms with Crippen molar-refractivity contribution in [3.63, 3.8) is 0 Å². The number of halogens is 1. The SMILES string of the molecule is CC(C)(O)c1cccc(CO[Si](C)(C)C(C)(C)C)c1F. The van der Waals surface area contributed by atoms with Crippen molar-refractivity contribution in [3.8, 4) is 0 Å². The van der Waals surface area contributed by atoms with Crippen LogP contribution in [0.3, 0.4) is 0 Å². The minimum Gasteiger partial charge on any atom is -0.412 e. The summed E-state index contributed by atoms with van der Waals surface area (Å²) in [6, 6.07) is 5.10. The van der Waals surface area contributed by atoms with E-state index in [-0.39, 0.29) is 17.5 Å². The fourth-order valence-corrected chi connectivity index (χ4v) is 2.59. The lowest BCUT2D eigenvalue weighted by atomic mass is 9.96. The Balaban J connectivity index is 2.96. The Morgan fingerprint density at radius 1 is 1.15 bits per heavy atom. The van der Waals surface area contributed by atoms with Crippen LogP contribution in [0, 0.1) is 5.82 Å². The number of benzene rings is 1. The van der Waals surface area contributed by atoms with Crippen molar-refractivity contribution in [2.75, 3.05) is 0 Å². The smallest absolute Gasteiger partial charge is 0.192 e. The van der Waals surface area contributed by atoms with Crippen molar-refractivity contribution < 1.29 is 13.9 Å². The second-order valence-electron chi connectivity index (χ2n) is 7.39. The predicted octanol–water partition coefficient (Wildman–Crippen LogP) is 4.57. The maximum Gasteiger partial charge on any atom is 0.192 e. The fraction of sp³-hybridized carbons (Fsp3) is 0.625. The molecule has 0 atom stereocenters. The first-order chi connectivity index (χ1) is 8.86. The Morgan fingerprint density at radius 3 is 2.15 bits per heavy atom. The summed E-state index contributed by atoms with van der Waals surface area (Å²) in [5, 5.41) is 10.1. The Bertz CT molecular complexity index is 470. The fourth-order valence-electron chi connectivity index (χ4n) is 1.64. The molecule has 1 aromatic rings. The summed E-state index contributed by atoms with van der Waals surface area (Å²) in [6.45, 7) is 14.2. The van der Waals surface area contributed by atoms with Crippen molar-refractivity contribution >= 4 is 8.32 Å². The molecular weight excluding hydrogens is 271 g/mol. The molecule has 20 heavy (non-hydrogen) atoms. The minimum atomic E-state index is -1.90. The number of aliphatic hydroxyl groups is 1. The quantitative estimate of drug-likeness (QED) is 0.825. The van der Waals surface area contributed by atoms with E-state index in [9.17, 15) is 9.50 Å². The van der Waals surface area contributed by atoms with E-state index < -0.39 is 13.9 Å². The van der Waals surface area contributed by atoms with Gasteiger partial charge >= 0.3 is 0 Å². The molecule has 2 nitrogen and oxygen atoms in total. The zero-order chi connectivity index (χ0) is 15.8. The van der Waals surface area contributed by atoms with Crippen LogP contribution in [0.25, 0.3) is 0 Å². The van der Waals surface area contributed by atoms with Crippen LogP contribution < -0.4 is 0 Å². The first-order valence-corrected chi connectivity index (χ1v) is 9.91. The van der Waals surface area contributed by atoms with Crippen LogP contribution in [0.1, 0.15) is 45.7 Å². The molecule has 114 valence electrons. The summed E-state index contributed by atoms with van der Waals surface area (Å²) in [4.78, 5) is 0. The van der Waals surface area contributed by atoms with Gasteiger partial charge in [-0.05, 0) is 32.0 Å². The van der Waals surface area contributed by atoms with Crippen LogP contribution in [-0.4, -0.2) is 13.4 Å². The number of rotatable bonds is 4. The van der Waals surface area contributed by atoms with Crippen LogP contribution in [0.5, 0.6) is 0 Å². The third-order valence-corrected chi connectivity index (χ3v) is 8.61. The third-order valence-electron chi connectivity index (χ3n) is 4.13. The Kier molecular flexibility index (Phi) is 4.84. The van der Waals surface area contributed by atoms with E-state index in [1.807, 2.05) is 0 Å². The second-order valence-corrected chi connectivity index (χ2v) is 12.2. The molecule has 0 aromatic heterocycles. The third kappa shape index (κ3) is 3.90. The molecule has 4 heteroatoms. The van der Waals surface area contributed by atoms with Crippen LogP contribution in [0.4, 0.5) is 4.39 Å². The Hall–Kier alpha value is -0.713. The van der Waals surface area contributed by atoms with Crippen LogP contribution >= 0.6 is 0 Å². The van der Waals surface area contributed by atoms with E-state index in [2.05, 4.69) is 33.9 Å². The molecular formula is C16H27FO2Si. The highest BCUT2D eigenvalue weighted by Crippen LogP contribution is 2.37. The van der Waals surface area contributed by atoms with E-state index in [4.69, 9.17) is 4.43 Å². The van der Waals surface area contributed by atoms with Crippen LogP contribution in [0.2, 0.25) is 18.1 Å². The van der Waals surface area contributed by atoms with E-state index >= 15 is 0 Å². The van der Waals surface area contributed by atoms with Crippen molar-refractivity contribution in [3.05, 3.63) is 35.1 Å². The molecule has 1 N–H and O–H groups in total. The Labute approximate surface area is 123 Å². The lowest BCUT2D eigenvalue weighted by Gasteiger charge is -2.36. The zero-order valence-electron chi connectivity index (χ0n) is 13.7. The highest BCUT2D eigenvalue weighted by Gasteiger charge is 2.37. The lowest BCUT2D eigenvalue weighted by molar-refractivity contribution is 0.0741. The molecule has 1 rings (SSSR count). The largest absolute Gasteiger partial charge is 0.412 e. The minimum absolute atomic E-state index is 0.0946. The molecule has 0 fully saturated rings. The monoisotopic (exact) mass is 298 g/mol. The van der Waals surface area contributed by atoms with Gasteiger partial charge in [0.1, 0.15) is 5.82 Å². The molecule has 0 unspecified atom stereocenters. The summed E-state index contributed by atoms with van der Waals surface area (Å²) >= 11 is 0. The molecule has 0 radical (unpaired) electrons. The first kappa shape index (κ1) is 17.3. The van der Waals surface area contributed by atoms with Gasteiger partial charge in [-0.15, -0.1) is 0 Å². The maximum atomic E-state index is 14.4. The van der Waals surface area contributed by atoms with Gasteiger partial charge in [-0.1, -0.05) is 39.0 Å². The van der Waals surface area contributed by atoms with Gasteiger partial charge in [-0.2, -0.15) is 0 Å². The van der Waals surface area contributed by atoms with E-state index in [0.29, 0.717) is 11.1 Å². The molecule has 0 aliphatic heterocycles.